The number of thiazole rings is 1. The molecule has 0 bridgehead atoms. The summed E-state index contributed by atoms with van der Waals surface area (Å²) in [5, 5.41) is 15.6. The highest BCUT2D eigenvalue weighted by atomic mass is 32.1. The van der Waals surface area contributed by atoms with Crippen LogP contribution in [0.5, 0.6) is 0 Å². The van der Waals surface area contributed by atoms with Crippen LogP contribution in [-0.4, -0.2) is 39.2 Å². The van der Waals surface area contributed by atoms with Gasteiger partial charge in [-0.05, 0) is 39.5 Å². The number of nitrogens with zero attached hydrogens (tertiary/aromatic N) is 2. The summed E-state index contributed by atoms with van der Waals surface area (Å²) in [6, 6.07) is 0.122. The van der Waals surface area contributed by atoms with Crippen LogP contribution in [0.15, 0.2) is 5.38 Å². The molecule has 2 amide bonds. The molecule has 2 aliphatic carbocycles. The van der Waals surface area contributed by atoms with E-state index < -0.39 is 5.60 Å². The molecule has 0 radical (unpaired) electrons. The number of urea groups is 1. The van der Waals surface area contributed by atoms with Crippen molar-refractivity contribution >= 4 is 22.5 Å². The average molecular weight is 309 g/mol. The fraction of sp³-hybridized carbons (Fsp3) is 0.733. The van der Waals surface area contributed by atoms with Gasteiger partial charge >= 0.3 is 6.03 Å². The zero-order valence-corrected chi connectivity index (χ0v) is 13.4. The highest BCUT2D eigenvalue weighted by Crippen LogP contribution is 2.37. The fourth-order valence-corrected chi connectivity index (χ4v) is 3.35. The smallest absolute Gasteiger partial charge is 0.323 e. The first-order valence-electron chi connectivity index (χ1n) is 7.68. The van der Waals surface area contributed by atoms with E-state index in [1.165, 1.54) is 30.6 Å². The topological polar surface area (TPSA) is 65.5 Å². The fourth-order valence-electron chi connectivity index (χ4n) is 2.57. The third kappa shape index (κ3) is 3.74. The molecular weight excluding hydrogens is 286 g/mol. The Morgan fingerprint density at radius 2 is 2.19 bits per heavy atom. The summed E-state index contributed by atoms with van der Waals surface area (Å²) in [6.45, 7) is 3.81. The normalized spacial score (nSPS) is 19.2. The average Bonchev–Trinajstić information content (AvgIpc) is 3.06. The van der Waals surface area contributed by atoms with Gasteiger partial charge in [-0.1, -0.05) is 6.42 Å². The van der Waals surface area contributed by atoms with Gasteiger partial charge in [-0.2, -0.15) is 0 Å². The first kappa shape index (κ1) is 14.8. The minimum absolute atomic E-state index is 0.144. The van der Waals surface area contributed by atoms with Gasteiger partial charge in [0.2, 0.25) is 0 Å². The van der Waals surface area contributed by atoms with Crippen LogP contribution in [0.4, 0.5) is 9.93 Å². The molecule has 1 aromatic rings. The molecule has 2 saturated carbocycles. The molecule has 1 aromatic heterocycles. The number of hydrogen-bond donors (Lipinski definition) is 2. The van der Waals surface area contributed by atoms with Crippen LogP contribution in [0.1, 0.15) is 57.6 Å². The summed E-state index contributed by atoms with van der Waals surface area (Å²) in [7, 11) is 0. The third-order valence-electron chi connectivity index (χ3n) is 4.07. The maximum Gasteiger partial charge on any atom is 0.323 e. The van der Waals surface area contributed by atoms with Gasteiger partial charge < -0.3 is 10.0 Å². The number of aromatic nitrogens is 1. The van der Waals surface area contributed by atoms with Crippen LogP contribution in [0, 0.1) is 0 Å². The summed E-state index contributed by atoms with van der Waals surface area (Å²) in [5.41, 5.74) is 0.238. The number of aliphatic hydroxyl groups is 1. The van der Waals surface area contributed by atoms with Gasteiger partial charge in [0.25, 0.3) is 0 Å². The van der Waals surface area contributed by atoms with Gasteiger partial charge in [0.05, 0.1) is 17.8 Å². The van der Waals surface area contributed by atoms with Crippen molar-refractivity contribution in [3.63, 3.8) is 0 Å². The second kappa shape index (κ2) is 5.57. The summed E-state index contributed by atoms with van der Waals surface area (Å²) >= 11 is 1.49. The summed E-state index contributed by atoms with van der Waals surface area (Å²) in [6.07, 6.45) is 5.75. The van der Waals surface area contributed by atoms with E-state index in [-0.39, 0.29) is 12.1 Å². The Kier molecular flexibility index (Phi) is 3.92. The minimum atomic E-state index is -0.875. The molecule has 3 rings (SSSR count). The molecule has 21 heavy (non-hydrogen) atoms. The standard InChI is InChI=1S/C15H23N3O2S/c1-15(2,20)9-18(11-6-7-11)14(19)17-13-16-12(8-21-13)10-4-3-5-10/h8,10-11,20H,3-7,9H2,1-2H3,(H,16,17,19). The number of rotatable bonds is 5. The highest BCUT2D eigenvalue weighted by molar-refractivity contribution is 7.13. The van der Waals surface area contributed by atoms with Gasteiger partial charge in [0.15, 0.2) is 5.13 Å². The number of nitrogens with one attached hydrogen (secondary N) is 1. The Hall–Kier alpha value is -1.14. The Morgan fingerprint density at radius 1 is 1.48 bits per heavy atom. The molecule has 5 nitrogen and oxygen atoms in total. The van der Waals surface area contributed by atoms with Crippen LogP contribution in [0.3, 0.4) is 0 Å². The van der Waals surface area contributed by atoms with Gasteiger partial charge in [0, 0.05) is 17.3 Å². The van der Waals surface area contributed by atoms with E-state index >= 15 is 0 Å². The molecule has 2 aliphatic rings. The van der Waals surface area contributed by atoms with E-state index in [0.717, 1.165) is 18.5 Å². The number of amides is 2. The second-order valence-corrected chi connectivity index (χ2v) is 7.67. The van der Waals surface area contributed by atoms with E-state index in [9.17, 15) is 9.90 Å². The first-order chi connectivity index (χ1) is 9.92. The molecule has 0 aromatic carbocycles. The van der Waals surface area contributed by atoms with Crippen molar-refractivity contribution in [1.29, 1.82) is 0 Å². The molecule has 1 heterocycles. The molecule has 0 spiro atoms. The summed E-state index contributed by atoms with van der Waals surface area (Å²) in [5.74, 6) is 0.586. The lowest BCUT2D eigenvalue weighted by atomic mass is 9.83. The highest BCUT2D eigenvalue weighted by Gasteiger charge is 2.36. The maximum absolute atomic E-state index is 12.4. The number of carbonyl (C=O) groups is 1. The van der Waals surface area contributed by atoms with Crippen LogP contribution >= 0.6 is 11.3 Å². The zero-order valence-electron chi connectivity index (χ0n) is 12.6. The quantitative estimate of drug-likeness (QED) is 0.878. The molecule has 116 valence electrons. The van der Waals surface area contributed by atoms with E-state index in [1.54, 1.807) is 18.7 Å². The SMILES string of the molecule is CC(C)(O)CN(C(=O)Nc1nc(C2CCC2)cs1)C1CC1. The Balaban J connectivity index is 1.62. The third-order valence-corrected chi connectivity index (χ3v) is 4.84. The molecule has 0 aliphatic heterocycles. The maximum atomic E-state index is 12.4. The number of carbonyl (C=O) groups excluding carboxylic acids is 1. The molecule has 2 N–H and O–H groups in total. The summed E-state index contributed by atoms with van der Waals surface area (Å²) in [4.78, 5) is 18.7. The lowest BCUT2D eigenvalue weighted by Crippen LogP contribution is -2.45. The molecular formula is C15H23N3O2S. The summed E-state index contributed by atoms with van der Waals surface area (Å²) < 4.78 is 0. The van der Waals surface area contributed by atoms with Crippen LogP contribution in [-0.2, 0) is 0 Å². The molecule has 2 fully saturated rings. The van der Waals surface area contributed by atoms with Crippen molar-refractivity contribution in [1.82, 2.24) is 9.88 Å². The van der Waals surface area contributed by atoms with E-state index in [4.69, 9.17) is 0 Å². The molecule has 0 atom stereocenters. The van der Waals surface area contributed by atoms with Crippen molar-refractivity contribution in [3.8, 4) is 0 Å². The first-order valence-corrected chi connectivity index (χ1v) is 8.56. The molecule has 0 saturated heterocycles. The van der Waals surface area contributed by atoms with Crippen molar-refractivity contribution < 1.29 is 9.90 Å². The number of anilines is 1. The Bertz CT molecular complexity index is 515. The molecule has 6 heteroatoms. The van der Waals surface area contributed by atoms with Crippen LogP contribution in [0.25, 0.3) is 0 Å². The van der Waals surface area contributed by atoms with Crippen molar-refractivity contribution in [2.45, 2.75) is 63.5 Å². The van der Waals surface area contributed by atoms with Gasteiger partial charge in [-0.3, -0.25) is 5.32 Å². The van der Waals surface area contributed by atoms with Crippen LogP contribution < -0.4 is 5.32 Å². The Morgan fingerprint density at radius 3 is 2.71 bits per heavy atom. The number of hydrogen-bond acceptors (Lipinski definition) is 4. The monoisotopic (exact) mass is 309 g/mol. The van der Waals surface area contributed by atoms with Gasteiger partial charge in [-0.25, -0.2) is 9.78 Å². The van der Waals surface area contributed by atoms with Crippen molar-refractivity contribution in [2.75, 3.05) is 11.9 Å². The van der Waals surface area contributed by atoms with Crippen molar-refractivity contribution in [3.05, 3.63) is 11.1 Å². The lowest BCUT2D eigenvalue weighted by molar-refractivity contribution is 0.0467. The minimum Gasteiger partial charge on any atom is -0.389 e. The predicted octanol–water partition coefficient (Wildman–Crippen LogP) is 3.18. The van der Waals surface area contributed by atoms with E-state index in [1.807, 2.05) is 0 Å². The van der Waals surface area contributed by atoms with Gasteiger partial charge in [0.1, 0.15) is 0 Å². The van der Waals surface area contributed by atoms with E-state index in [2.05, 4.69) is 15.7 Å². The second-order valence-electron chi connectivity index (χ2n) is 6.81. The van der Waals surface area contributed by atoms with E-state index in [0.29, 0.717) is 17.6 Å². The zero-order chi connectivity index (χ0) is 15.0. The lowest BCUT2D eigenvalue weighted by Gasteiger charge is -2.29. The molecule has 0 unspecified atom stereocenters. The Labute approximate surface area is 129 Å². The van der Waals surface area contributed by atoms with Gasteiger partial charge in [-0.15, -0.1) is 11.3 Å². The van der Waals surface area contributed by atoms with Crippen LogP contribution in [0.2, 0.25) is 0 Å². The van der Waals surface area contributed by atoms with Crippen molar-refractivity contribution in [2.24, 2.45) is 0 Å². The predicted molar refractivity (Wildman–Crippen MR) is 83.8 cm³/mol. The largest absolute Gasteiger partial charge is 0.389 e.